The molecule has 10 nitrogen and oxygen atoms in total. The highest BCUT2D eigenvalue weighted by Gasteiger charge is 2.31. The Kier molecular flexibility index (Phi) is 7.76. The number of aromatic nitrogens is 2. The monoisotopic (exact) mass is 517 g/mol. The number of benzene rings is 2. The predicted octanol–water partition coefficient (Wildman–Crippen LogP) is 3.08. The van der Waals surface area contributed by atoms with Crippen LogP contribution >= 0.6 is 0 Å². The minimum atomic E-state index is -3.94. The first-order valence-electron chi connectivity index (χ1n) is 10.7. The first-order chi connectivity index (χ1) is 16.4. The third kappa shape index (κ3) is 6.55. The molecule has 35 heavy (non-hydrogen) atoms. The second-order valence-corrected chi connectivity index (χ2v) is 11.5. The zero-order valence-corrected chi connectivity index (χ0v) is 21.4. The molecule has 0 unspecified atom stereocenters. The van der Waals surface area contributed by atoms with E-state index in [1.165, 1.54) is 30.5 Å². The number of nitrogens with one attached hydrogen (secondary N) is 2. The Bertz CT molecular complexity index is 1410. The summed E-state index contributed by atoms with van der Waals surface area (Å²) < 4.78 is 53.8. The maximum Gasteiger partial charge on any atom is 0.264 e. The number of carbonyl (C=O) groups excluding carboxylic acids is 1. The maximum absolute atomic E-state index is 13.1. The van der Waals surface area contributed by atoms with Crippen LogP contribution in [0.1, 0.15) is 24.6 Å². The van der Waals surface area contributed by atoms with Gasteiger partial charge in [0, 0.05) is 17.6 Å². The number of rotatable bonds is 9. The molecular weight excluding hydrogens is 490 g/mol. The van der Waals surface area contributed by atoms with Gasteiger partial charge in [-0.2, -0.15) is 0 Å². The van der Waals surface area contributed by atoms with Crippen LogP contribution < -0.4 is 14.3 Å². The standard InChI is InChI=1S/C23H27N5O5S2/c1-5-21(28(34(4,30)31)19-10-6-16(2)7-11-19)22(29)26-18-8-12-20(13-9-18)35(32,33)27-23-24-15-14-17(3)25-23/h6-15,21H,5H2,1-4H3,(H,26,29)(H,24,25,27)/t21-/m1/s1. The number of hydrogen-bond donors (Lipinski definition) is 2. The van der Waals surface area contributed by atoms with Gasteiger partial charge in [0.2, 0.25) is 21.9 Å². The summed E-state index contributed by atoms with van der Waals surface area (Å²) in [5.74, 6) is -0.592. The van der Waals surface area contributed by atoms with Crippen LogP contribution in [-0.4, -0.2) is 45.0 Å². The van der Waals surface area contributed by atoms with Crippen molar-refractivity contribution in [3.63, 3.8) is 0 Å². The van der Waals surface area contributed by atoms with Crippen molar-refractivity contribution in [2.75, 3.05) is 20.6 Å². The van der Waals surface area contributed by atoms with Crippen LogP contribution in [0.2, 0.25) is 0 Å². The fourth-order valence-electron chi connectivity index (χ4n) is 3.37. The van der Waals surface area contributed by atoms with Crippen LogP contribution in [0.3, 0.4) is 0 Å². The molecule has 1 heterocycles. The lowest BCUT2D eigenvalue weighted by atomic mass is 10.1. The summed E-state index contributed by atoms with van der Waals surface area (Å²) in [4.78, 5) is 20.9. The van der Waals surface area contributed by atoms with Crippen LogP contribution in [0.25, 0.3) is 0 Å². The van der Waals surface area contributed by atoms with E-state index in [1.54, 1.807) is 44.2 Å². The van der Waals surface area contributed by atoms with Crippen molar-refractivity contribution in [1.29, 1.82) is 0 Å². The second-order valence-electron chi connectivity index (χ2n) is 7.96. The van der Waals surface area contributed by atoms with E-state index in [0.717, 1.165) is 16.1 Å². The van der Waals surface area contributed by atoms with Gasteiger partial charge in [-0.05, 0) is 62.7 Å². The SMILES string of the molecule is CC[C@H](C(=O)Nc1ccc(S(=O)(=O)Nc2nccc(C)n2)cc1)N(c1ccc(C)cc1)S(C)(=O)=O. The normalized spacial score (nSPS) is 12.6. The highest BCUT2D eigenvalue weighted by molar-refractivity contribution is 7.92. The Labute approximate surface area is 205 Å². The summed E-state index contributed by atoms with van der Waals surface area (Å²) in [6.07, 6.45) is 2.71. The quantitative estimate of drug-likeness (QED) is 0.445. The smallest absolute Gasteiger partial charge is 0.264 e. The fraction of sp³-hybridized carbons (Fsp3) is 0.261. The minimum absolute atomic E-state index is 0.0508. The predicted molar refractivity (Wildman–Crippen MR) is 135 cm³/mol. The summed E-state index contributed by atoms with van der Waals surface area (Å²) >= 11 is 0. The second kappa shape index (κ2) is 10.4. The molecule has 186 valence electrons. The number of nitrogens with zero attached hydrogens (tertiary/aromatic N) is 3. The van der Waals surface area contributed by atoms with E-state index in [2.05, 4.69) is 20.0 Å². The van der Waals surface area contributed by atoms with Gasteiger partial charge in [-0.25, -0.2) is 31.5 Å². The van der Waals surface area contributed by atoms with Gasteiger partial charge in [-0.1, -0.05) is 24.6 Å². The van der Waals surface area contributed by atoms with Gasteiger partial charge in [0.25, 0.3) is 10.0 Å². The van der Waals surface area contributed by atoms with Gasteiger partial charge < -0.3 is 5.32 Å². The first kappa shape index (κ1) is 26.1. The average molecular weight is 518 g/mol. The van der Waals surface area contributed by atoms with E-state index in [1.807, 2.05) is 6.92 Å². The van der Waals surface area contributed by atoms with Gasteiger partial charge in [0.1, 0.15) is 6.04 Å². The van der Waals surface area contributed by atoms with Crippen molar-refractivity contribution < 1.29 is 21.6 Å². The van der Waals surface area contributed by atoms with Crippen molar-refractivity contribution in [3.05, 3.63) is 72.1 Å². The molecule has 1 aromatic heterocycles. The van der Waals surface area contributed by atoms with E-state index in [-0.39, 0.29) is 17.3 Å². The number of aryl methyl sites for hydroxylation is 2. The summed E-state index contributed by atoms with van der Waals surface area (Å²) in [5, 5.41) is 2.68. The third-order valence-electron chi connectivity index (χ3n) is 5.07. The van der Waals surface area contributed by atoms with E-state index < -0.39 is 32.0 Å². The molecule has 1 atom stereocenters. The lowest BCUT2D eigenvalue weighted by Crippen LogP contribution is -2.47. The van der Waals surface area contributed by atoms with Crippen LogP contribution in [0.4, 0.5) is 17.3 Å². The molecule has 1 amide bonds. The number of carbonyl (C=O) groups is 1. The van der Waals surface area contributed by atoms with Crippen molar-refractivity contribution in [2.45, 2.75) is 38.1 Å². The Morgan fingerprint density at radius 2 is 1.60 bits per heavy atom. The summed E-state index contributed by atoms with van der Waals surface area (Å²) in [5.41, 5.74) is 2.26. The topological polar surface area (TPSA) is 138 Å². The lowest BCUT2D eigenvalue weighted by Gasteiger charge is -2.30. The van der Waals surface area contributed by atoms with E-state index in [0.29, 0.717) is 17.1 Å². The molecule has 0 aliphatic heterocycles. The van der Waals surface area contributed by atoms with Crippen LogP contribution in [0, 0.1) is 13.8 Å². The van der Waals surface area contributed by atoms with Crippen molar-refractivity contribution in [2.24, 2.45) is 0 Å². The van der Waals surface area contributed by atoms with Gasteiger partial charge in [0.05, 0.1) is 16.8 Å². The number of hydrogen-bond acceptors (Lipinski definition) is 7. The molecule has 0 spiro atoms. The Morgan fingerprint density at radius 3 is 2.14 bits per heavy atom. The van der Waals surface area contributed by atoms with Gasteiger partial charge in [-0.15, -0.1) is 0 Å². The van der Waals surface area contributed by atoms with Crippen molar-refractivity contribution in [1.82, 2.24) is 9.97 Å². The molecule has 2 aromatic carbocycles. The molecule has 3 rings (SSSR count). The van der Waals surface area contributed by atoms with Crippen molar-refractivity contribution >= 4 is 43.3 Å². The van der Waals surface area contributed by atoms with Crippen LogP contribution in [0.15, 0.2) is 65.7 Å². The summed E-state index contributed by atoms with van der Waals surface area (Å²) in [7, 11) is -7.71. The van der Waals surface area contributed by atoms with Crippen LogP contribution in [-0.2, 0) is 24.8 Å². The molecule has 2 N–H and O–H groups in total. The van der Waals surface area contributed by atoms with Crippen LogP contribution in [0.5, 0.6) is 0 Å². The Hall–Kier alpha value is -3.51. The molecule has 0 aliphatic carbocycles. The molecule has 0 saturated carbocycles. The first-order valence-corrected chi connectivity index (χ1v) is 14.0. The molecule has 0 fully saturated rings. The number of amides is 1. The maximum atomic E-state index is 13.1. The molecule has 0 saturated heterocycles. The minimum Gasteiger partial charge on any atom is -0.324 e. The largest absolute Gasteiger partial charge is 0.324 e. The van der Waals surface area contributed by atoms with E-state index in [4.69, 9.17) is 0 Å². The van der Waals surface area contributed by atoms with Gasteiger partial charge in [0.15, 0.2) is 0 Å². The molecule has 0 bridgehead atoms. The molecular formula is C23H27N5O5S2. The summed E-state index contributed by atoms with van der Waals surface area (Å²) in [6, 6.07) is 13.0. The lowest BCUT2D eigenvalue weighted by molar-refractivity contribution is -0.117. The Morgan fingerprint density at radius 1 is 0.971 bits per heavy atom. The average Bonchev–Trinajstić information content (AvgIpc) is 2.77. The highest BCUT2D eigenvalue weighted by Crippen LogP contribution is 2.24. The fourth-order valence-corrected chi connectivity index (χ4v) is 5.53. The third-order valence-corrected chi connectivity index (χ3v) is 7.59. The highest BCUT2D eigenvalue weighted by atomic mass is 32.2. The van der Waals surface area contributed by atoms with E-state index >= 15 is 0 Å². The van der Waals surface area contributed by atoms with Crippen molar-refractivity contribution in [3.8, 4) is 0 Å². The summed E-state index contributed by atoms with van der Waals surface area (Å²) in [6.45, 7) is 5.31. The van der Waals surface area contributed by atoms with E-state index in [9.17, 15) is 21.6 Å². The van der Waals surface area contributed by atoms with Gasteiger partial charge >= 0.3 is 0 Å². The number of sulfonamides is 2. The number of anilines is 3. The van der Waals surface area contributed by atoms with Gasteiger partial charge in [-0.3, -0.25) is 9.10 Å². The molecule has 3 aromatic rings. The zero-order valence-electron chi connectivity index (χ0n) is 19.8. The Balaban J connectivity index is 1.79. The zero-order chi connectivity index (χ0) is 25.8. The molecule has 0 radical (unpaired) electrons. The molecule has 12 heteroatoms. The molecule has 0 aliphatic rings.